The number of carbonyl (C=O) groups is 1. The molecular weight excluding hydrogens is 332 g/mol. The fourth-order valence-electron chi connectivity index (χ4n) is 2.41. The lowest BCUT2D eigenvalue weighted by Gasteiger charge is -2.10. The number of rotatable bonds is 4. The normalized spacial score (nSPS) is 11.1. The number of ether oxygens (including phenoxy) is 1. The van der Waals surface area contributed by atoms with Gasteiger partial charge in [0.15, 0.2) is 11.2 Å². The number of aromatic nitrogens is 4. The number of nitrogens with zero attached hydrogens (tertiary/aromatic N) is 4. The monoisotopic (exact) mass is 346 g/mol. The van der Waals surface area contributed by atoms with Crippen molar-refractivity contribution in [2.24, 2.45) is 0 Å². The van der Waals surface area contributed by atoms with Crippen LogP contribution >= 0.6 is 11.6 Å². The van der Waals surface area contributed by atoms with Gasteiger partial charge in [0.05, 0.1) is 24.1 Å². The van der Waals surface area contributed by atoms with Crippen molar-refractivity contribution in [1.82, 2.24) is 19.7 Å². The quantitative estimate of drug-likeness (QED) is 0.531. The van der Waals surface area contributed by atoms with E-state index in [2.05, 4.69) is 15.1 Å². The topological polar surface area (TPSA) is 87.0 Å². The number of aryl methyl sites for hydroxylation is 1. The van der Waals surface area contributed by atoms with Crippen LogP contribution in [-0.2, 0) is 22.5 Å². The molecular formula is C16H15ClN4O3. The molecule has 3 aromatic rings. The van der Waals surface area contributed by atoms with Gasteiger partial charge < -0.3 is 4.74 Å². The first kappa shape index (κ1) is 16.3. The summed E-state index contributed by atoms with van der Waals surface area (Å²) in [6.45, 7) is 4.31. The van der Waals surface area contributed by atoms with Gasteiger partial charge in [-0.25, -0.2) is 14.6 Å². The molecule has 7 nitrogen and oxygen atoms in total. The summed E-state index contributed by atoms with van der Waals surface area (Å²) in [5.41, 5.74) is 1.36. The van der Waals surface area contributed by atoms with Crippen molar-refractivity contribution in [3.63, 3.8) is 0 Å². The van der Waals surface area contributed by atoms with Gasteiger partial charge in [0.2, 0.25) is 5.43 Å². The Hall–Kier alpha value is -2.54. The molecule has 0 radical (unpaired) electrons. The van der Waals surface area contributed by atoms with Gasteiger partial charge in [-0.3, -0.25) is 9.59 Å². The molecule has 24 heavy (non-hydrogen) atoms. The highest BCUT2D eigenvalue weighted by molar-refractivity contribution is 6.31. The first-order chi connectivity index (χ1) is 11.5. The maximum atomic E-state index is 12.6. The Morgan fingerprint density at radius 2 is 2.04 bits per heavy atom. The van der Waals surface area contributed by atoms with Crippen LogP contribution in [0, 0.1) is 0 Å². The zero-order chi connectivity index (χ0) is 17.3. The van der Waals surface area contributed by atoms with Crippen LogP contribution in [0.25, 0.3) is 22.2 Å². The molecule has 0 spiro atoms. The largest absolute Gasteiger partial charge is 0.466 e. The average molecular weight is 347 g/mol. The van der Waals surface area contributed by atoms with Crippen molar-refractivity contribution < 1.29 is 9.53 Å². The highest BCUT2D eigenvalue weighted by Crippen LogP contribution is 2.18. The third-order valence-electron chi connectivity index (χ3n) is 3.49. The van der Waals surface area contributed by atoms with E-state index in [1.807, 2.05) is 6.92 Å². The Bertz CT molecular complexity index is 1000. The minimum absolute atomic E-state index is 0.0958. The van der Waals surface area contributed by atoms with E-state index in [1.165, 1.54) is 0 Å². The van der Waals surface area contributed by atoms with Crippen LogP contribution in [0.3, 0.4) is 0 Å². The van der Waals surface area contributed by atoms with E-state index < -0.39 is 11.4 Å². The van der Waals surface area contributed by atoms with Crippen molar-refractivity contribution >= 4 is 39.8 Å². The molecule has 0 fully saturated rings. The Morgan fingerprint density at radius 3 is 2.75 bits per heavy atom. The van der Waals surface area contributed by atoms with Gasteiger partial charge in [-0.1, -0.05) is 11.6 Å². The highest BCUT2D eigenvalue weighted by Gasteiger charge is 2.17. The standard InChI is InChI=1S/C16H15ClN4O3/c1-3-21-16-14(15(23)12(20-21)8-13(22)24-4-2)18-11-7-9(17)5-6-10(11)19-16/h5-7H,3-4,8H2,1-2H3. The van der Waals surface area contributed by atoms with E-state index in [0.29, 0.717) is 28.2 Å². The van der Waals surface area contributed by atoms with Crippen LogP contribution in [-0.4, -0.2) is 32.3 Å². The van der Waals surface area contributed by atoms with Crippen molar-refractivity contribution in [2.45, 2.75) is 26.8 Å². The number of fused-ring (bicyclic) bond motifs is 2. The zero-order valence-corrected chi connectivity index (χ0v) is 14.0. The average Bonchev–Trinajstić information content (AvgIpc) is 2.56. The minimum Gasteiger partial charge on any atom is -0.466 e. The van der Waals surface area contributed by atoms with Crippen LogP contribution in [0.2, 0.25) is 5.02 Å². The molecule has 8 heteroatoms. The molecule has 0 saturated carbocycles. The summed E-state index contributed by atoms with van der Waals surface area (Å²) in [4.78, 5) is 33.2. The fourth-order valence-corrected chi connectivity index (χ4v) is 2.58. The molecule has 0 aliphatic rings. The minimum atomic E-state index is -0.499. The second-order valence-corrected chi connectivity index (χ2v) is 5.54. The third kappa shape index (κ3) is 2.94. The zero-order valence-electron chi connectivity index (χ0n) is 13.2. The maximum absolute atomic E-state index is 12.6. The number of hydrogen-bond donors (Lipinski definition) is 0. The Morgan fingerprint density at radius 1 is 1.25 bits per heavy atom. The number of hydrogen-bond acceptors (Lipinski definition) is 6. The van der Waals surface area contributed by atoms with E-state index in [1.54, 1.807) is 29.8 Å². The van der Waals surface area contributed by atoms with E-state index in [9.17, 15) is 9.59 Å². The second-order valence-electron chi connectivity index (χ2n) is 5.10. The molecule has 3 rings (SSSR count). The highest BCUT2D eigenvalue weighted by atomic mass is 35.5. The summed E-state index contributed by atoms with van der Waals surface area (Å²) in [7, 11) is 0. The first-order valence-electron chi connectivity index (χ1n) is 7.56. The smallest absolute Gasteiger partial charge is 0.312 e. The van der Waals surface area contributed by atoms with Crippen LogP contribution in [0.4, 0.5) is 0 Å². The predicted molar refractivity (Wildman–Crippen MR) is 90.1 cm³/mol. The molecule has 0 aliphatic heterocycles. The third-order valence-corrected chi connectivity index (χ3v) is 3.72. The van der Waals surface area contributed by atoms with Gasteiger partial charge in [0, 0.05) is 11.6 Å². The molecule has 0 saturated heterocycles. The van der Waals surface area contributed by atoms with Crippen molar-refractivity contribution in [2.75, 3.05) is 6.61 Å². The molecule has 0 bridgehead atoms. The van der Waals surface area contributed by atoms with Gasteiger partial charge >= 0.3 is 5.97 Å². The number of carbonyl (C=O) groups excluding carboxylic acids is 1. The van der Waals surface area contributed by atoms with Crippen LogP contribution in [0.15, 0.2) is 23.0 Å². The lowest BCUT2D eigenvalue weighted by Crippen LogP contribution is -2.24. The fraction of sp³-hybridized carbons (Fsp3) is 0.312. The predicted octanol–water partition coefficient (Wildman–Crippen LogP) is 2.12. The van der Waals surface area contributed by atoms with Crippen LogP contribution < -0.4 is 5.43 Å². The number of esters is 1. The first-order valence-corrected chi connectivity index (χ1v) is 7.94. The summed E-state index contributed by atoms with van der Waals surface area (Å²) in [6, 6.07) is 5.09. The molecule has 2 heterocycles. The van der Waals surface area contributed by atoms with E-state index in [-0.39, 0.29) is 24.2 Å². The summed E-state index contributed by atoms with van der Waals surface area (Å²) < 4.78 is 6.45. The van der Waals surface area contributed by atoms with Gasteiger partial charge in [0.25, 0.3) is 0 Å². The molecule has 0 atom stereocenters. The molecule has 2 aromatic heterocycles. The van der Waals surface area contributed by atoms with Gasteiger partial charge in [-0.05, 0) is 32.0 Å². The summed E-state index contributed by atoms with van der Waals surface area (Å²) >= 11 is 5.98. The maximum Gasteiger partial charge on any atom is 0.312 e. The van der Waals surface area contributed by atoms with Crippen LogP contribution in [0.5, 0.6) is 0 Å². The van der Waals surface area contributed by atoms with Crippen molar-refractivity contribution in [3.05, 3.63) is 39.1 Å². The van der Waals surface area contributed by atoms with Gasteiger partial charge in [0.1, 0.15) is 5.69 Å². The van der Waals surface area contributed by atoms with Gasteiger partial charge in [-0.2, -0.15) is 5.10 Å². The molecule has 0 amide bonds. The number of benzene rings is 1. The Balaban J connectivity index is 2.25. The van der Waals surface area contributed by atoms with Crippen molar-refractivity contribution in [1.29, 1.82) is 0 Å². The van der Waals surface area contributed by atoms with E-state index in [4.69, 9.17) is 16.3 Å². The molecule has 0 N–H and O–H groups in total. The lowest BCUT2D eigenvalue weighted by molar-refractivity contribution is -0.142. The summed E-state index contributed by atoms with van der Waals surface area (Å²) in [5, 5.41) is 4.75. The van der Waals surface area contributed by atoms with E-state index in [0.717, 1.165) is 0 Å². The SMILES string of the molecule is CCOC(=O)Cc1nn(CC)c2nc3ccc(Cl)cc3nc2c1=O. The molecule has 1 aromatic carbocycles. The summed E-state index contributed by atoms with van der Waals surface area (Å²) in [6.07, 6.45) is -0.197. The van der Waals surface area contributed by atoms with Crippen molar-refractivity contribution in [3.8, 4) is 0 Å². The van der Waals surface area contributed by atoms with Gasteiger partial charge in [-0.15, -0.1) is 0 Å². The summed E-state index contributed by atoms with van der Waals surface area (Å²) in [5.74, 6) is -0.499. The molecule has 124 valence electrons. The second kappa shape index (κ2) is 6.52. The van der Waals surface area contributed by atoms with E-state index >= 15 is 0 Å². The lowest BCUT2D eigenvalue weighted by atomic mass is 10.2. The Kier molecular flexibility index (Phi) is 4.44. The Labute approximate surface area is 142 Å². The molecule has 0 aliphatic carbocycles. The number of halogens is 1. The molecule has 0 unspecified atom stereocenters. The van der Waals surface area contributed by atoms with Crippen LogP contribution in [0.1, 0.15) is 19.5 Å².